The van der Waals surface area contributed by atoms with E-state index in [9.17, 15) is 0 Å². The van der Waals surface area contributed by atoms with Gasteiger partial charge in [0.05, 0.1) is 18.1 Å². The standard InChI is InChI=1S/C38H26N6/c1-3-7-25(8-4-1)28-12-14-32-30(28)19-21-39-34(32)16-11-27-23-42-38-36(43-44-37(38)24-41-27)18-17-35-33-15-13-29(31(33)20-22-40-35)26-9-5-2-6-10-26/h1-24,39-40H/b16-11+,18-17+. The Balaban J connectivity index is 1.05. The van der Waals surface area contributed by atoms with Gasteiger partial charge in [0.2, 0.25) is 0 Å². The van der Waals surface area contributed by atoms with E-state index in [0.29, 0.717) is 17.1 Å². The molecule has 2 N–H and O–H groups in total. The highest BCUT2D eigenvalue weighted by Gasteiger charge is 2.16. The van der Waals surface area contributed by atoms with E-state index in [1.807, 2.05) is 48.8 Å². The zero-order chi connectivity index (χ0) is 29.3. The molecular formula is C38H26N6. The van der Waals surface area contributed by atoms with Crippen LogP contribution in [0.5, 0.6) is 0 Å². The van der Waals surface area contributed by atoms with Crippen molar-refractivity contribution in [3.05, 3.63) is 145 Å². The van der Waals surface area contributed by atoms with Gasteiger partial charge in [-0.1, -0.05) is 84.9 Å². The fraction of sp³-hybridized carbons (Fsp3) is 0. The molecule has 44 heavy (non-hydrogen) atoms. The Kier molecular flexibility index (Phi) is 6.35. The van der Waals surface area contributed by atoms with Crippen LogP contribution in [0.2, 0.25) is 0 Å². The number of H-pyrrole nitrogens is 2. The van der Waals surface area contributed by atoms with Crippen molar-refractivity contribution in [3.8, 4) is 55.9 Å². The molecule has 2 aromatic rings. The summed E-state index contributed by atoms with van der Waals surface area (Å²) in [5.41, 5.74) is 14.3. The summed E-state index contributed by atoms with van der Waals surface area (Å²) in [6.07, 6.45) is 15.4. The van der Waals surface area contributed by atoms with Gasteiger partial charge in [-0.15, -0.1) is 10.2 Å². The number of nitrogens with one attached hydrogen (secondary N) is 2. The van der Waals surface area contributed by atoms with Gasteiger partial charge >= 0.3 is 0 Å². The second kappa shape index (κ2) is 10.9. The van der Waals surface area contributed by atoms with Crippen molar-refractivity contribution in [1.82, 2.24) is 30.1 Å². The van der Waals surface area contributed by atoms with Gasteiger partial charge in [-0.3, -0.25) is 4.98 Å². The van der Waals surface area contributed by atoms with Gasteiger partial charge in [0.15, 0.2) is 0 Å². The molecule has 0 saturated heterocycles. The molecule has 208 valence electrons. The van der Waals surface area contributed by atoms with E-state index < -0.39 is 0 Å². The highest BCUT2D eigenvalue weighted by molar-refractivity contribution is 5.92. The molecule has 4 aliphatic heterocycles. The smallest absolute Gasteiger partial charge is 0.132 e. The molecule has 6 nitrogen and oxygen atoms in total. The molecular weight excluding hydrogens is 540 g/mol. The summed E-state index contributed by atoms with van der Waals surface area (Å²) < 4.78 is 0. The number of pyridine rings is 2. The van der Waals surface area contributed by atoms with E-state index in [1.54, 1.807) is 12.4 Å². The van der Waals surface area contributed by atoms with Gasteiger partial charge in [0.1, 0.15) is 17.1 Å². The minimum Gasteiger partial charge on any atom is -0.361 e. The molecule has 0 spiro atoms. The molecule has 6 aliphatic rings. The first-order valence-electron chi connectivity index (χ1n) is 14.5. The summed E-state index contributed by atoms with van der Waals surface area (Å²) >= 11 is 0. The minimum absolute atomic E-state index is 0.642. The summed E-state index contributed by atoms with van der Waals surface area (Å²) in [5.74, 6) is 0. The Hall–Kier alpha value is -6.14. The number of aromatic amines is 2. The van der Waals surface area contributed by atoms with Crippen molar-refractivity contribution in [2.75, 3.05) is 0 Å². The van der Waals surface area contributed by atoms with E-state index in [-0.39, 0.29) is 0 Å². The van der Waals surface area contributed by atoms with E-state index >= 15 is 0 Å². The van der Waals surface area contributed by atoms with Gasteiger partial charge in [-0.2, -0.15) is 0 Å². The highest BCUT2D eigenvalue weighted by atomic mass is 15.1. The maximum absolute atomic E-state index is 4.73. The van der Waals surface area contributed by atoms with Crippen LogP contribution < -0.4 is 0 Å². The molecule has 0 amide bonds. The molecule has 0 atom stereocenters. The number of benzene rings is 2. The number of fused-ring (bicyclic) bond motifs is 3. The second-order valence-corrected chi connectivity index (χ2v) is 10.6. The molecule has 2 aliphatic carbocycles. The van der Waals surface area contributed by atoms with Crippen LogP contribution in [0.25, 0.3) is 80.2 Å². The lowest BCUT2D eigenvalue weighted by atomic mass is 10.0. The van der Waals surface area contributed by atoms with Crippen LogP contribution in [0.4, 0.5) is 0 Å². The Labute approximate surface area is 254 Å². The molecule has 0 saturated carbocycles. The summed E-state index contributed by atoms with van der Waals surface area (Å²) in [6.45, 7) is 0. The van der Waals surface area contributed by atoms with Crippen molar-refractivity contribution in [2.45, 2.75) is 0 Å². The lowest BCUT2D eigenvalue weighted by molar-refractivity contribution is 1.08. The van der Waals surface area contributed by atoms with Crippen LogP contribution in [0.3, 0.4) is 0 Å². The van der Waals surface area contributed by atoms with E-state index in [1.165, 1.54) is 33.4 Å². The highest BCUT2D eigenvalue weighted by Crippen LogP contribution is 2.38. The van der Waals surface area contributed by atoms with E-state index in [0.717, 1.165) is 28.2 Å². The van der Waals surface area contributed by atoms with Crippen LogP contribution in [-0.4, -0.2) is 30.1 Å². The molecule has 0 fully saturated rings. The summed E-state index contributed by atoms with van der Waals surface area (Å²) in [4.78, 5) is 16.1. The summed E-state index contributed by atoms with van der Waals surface area (Å²) in [5, 5.41) is 8.72. The lowest BCUT2D eigenvalue weighted by Gasteiger charge is -2.07. The lowest BCUT2D eigenvalue weighted by Crippen LogP contribution is -1.87. The van der Waals surface area contributed by atoms with Crippen LogP contribution in [0.1, 0.15) is 22.8 Å². The Morgan fingerprint density at radius 1 is 0.455 bits per heavy atom. The van der Waals surface area contributed by atoms with Gasteiger partial charge in [0.25, 0.3) is 0 Å². The molecule has 0 unspecified atom stereocenters. The van der Waals surface area contributed by atoms with Crippen LogP contribution in [0.15, 0.2) is 122 Å². The van der Waals surface area contributed by atoms with E-state index in [4.69, 9.17) is 4.98 Å². The average molecular weight is 567 g/mol. The average Bonchev–Trinajstić information content (AvgIpc) is 3.78. The van der Waals surface area contributed by atoms with Crippen LogP contribution >= 0.6 is 0 Å². The molecule has 0 aromatic heterocycles. The van der Waals surface area contributed by atoms with Crippen LogP contribution in [-0.2, 0) is 0 Å². The van der Waals surface area contributed by atoms with Gasteiger partial charge in [-0.05, 0) is 69.8 Å². The third-order valence-corrected chi connectivity index (χ3v) is 7.96. The summed E-state index contributed by atoms with van der Waals surface area (Å²) in [6, 6.07) is 33.8. The summed E-state index contributed by atoms with van der Waals surface area (Å²) in [7, 11) is 0. The quantitative estimate of drug-likeness (QED) is 0.210. The zero-order valence-electron chi connectivity index (χ0n) is 23.6. The Morgan fingerprint density at radius 2 is 1.02 bits per heavy atom. The van der Waals surface area contributed by atoms with Crippen molar-refractivity contribution >= 4 is 24.3 Å². The van der Waals surface area contributed by atoms with Gasteiger partial charge in [-0.25, -0.2) is 4.98 Å². The third-order valence-electron chi connectivity index (χ3n) is 7.96. The second-order valence-electron chi connectivity index (χ2n) is 10.6. The van der Waals surface area contributed by atoms with Gasteiger partial charge < -0.3 is 9.97 Å². The molecule has 2 aromatic carbocycles. The molecule has 0 bridgehead atoms. The monoisotopic (exact) mass is 566 g/mol. The zero-order valence-corrected chi connectivity index (χ0v) is 23.6. The largest absolute Gasteiger partial charge is 0.361 e. The van der Waals surface area contributed by atoms with Gasteiger partial charge in [0, 0.05) is 34.9 Å². The normalized spacial score (nSPS) is 11.9. The molecule has 6 heteroatoms. The Bertz CT molecular complexity index is 2170. The fourth-order valence-corrected chi connectivity index (χ4v) is 5.79. The predicted octanol–water partition coefficient (Wildman–Crippen LogP) is 8.91. The molecule has 0 radical (unpaired) electrons. The topological polar surface area (TPSA) is 83.1 Å². The van der Waals surface area contributed by atoms with E-state index in [2.05, 4.69) is 110 Å². The van der Waals surface area contributed by atoms with Crippen molar-refractivity contribution in [3.63, 3.8) is 0 Å². The van der Waals surface area contributed by atoms with Crippen molar-refractivity contribution in [1.29, 1.82) is 0 Å². The van der Waals surface area contributed by atoms with Crippen molar-refractivity contribution in [2.24, 2.45) is 0 Å². The molecule has 8 rings (SSSR count). The Morgan fingerprint density at radius 3 is 1.64 bits per heavy atom. The molecule has 4 heterocycles. The number of nitrogens with zero attached hydrogens (tertiary/aromatic N) is 4. The SMILES string of the molecule is C(=C\c1[nH]ccc2c(-c3ccccc3)ccc1-2)/c1cnc2c(/C=C/c3[nH]ccc4c(-c5ccccc5)ccc3-4)nnc-2cn1. The number of hydrogen-bond donors (Lipinski definition) is 2. The fourth-order valence-electron chi connectivity index (χ4n) is 5.79. The first-order chi connectivity index (χ1) is 21.8. The minimum atomic E-state index is 0.642. The first kappa shape index (κ1) is 25.6. The number of aromatic nitrogens is 6. The van der Waals surface area contributed by atoms with Crippen molar-refractivity contribution < 1.29 is 0 Å². The predicted molar refractivity (Wildman–Crippen MR) is 178 cm³/mol. The third kappa shape index (κ3) is 4.64. The maximum atomic E-state index is 4.73. The maximum Gasteiger partial charge on any atom is 0.132 e. The number of hydrogen-bond acceptors (Lipinski definition) is 4. The first-order valence-corrected chi connectivity index (χ1v) is 14.5. The number of rotatable bonds is 6. The van der Waals surface area contributed by atoms with Crippen LogP contribution in [0, 0.1) is 0 Å².